The summed E-state index contributed by atoms with van der Waals surface area (Å²) in [4.78, 5) is 25.2. The first kappa shape index (κ1) is 21.0. The van der Waals surface area contributed by atoms with E-state index in [4.69, 9.17) is 10.2 Å². The van der Waals surface area contributed by atoms with E-state index in [0.717, 1.165) is 23.4 Å². The van der Waals surface area contributed by atoms with E-state index < -0.39 is 11.9 Å². The Kier molecular flexibility index (Phi) is 7.65. The number of nitrogens with zero attached hydrogens (tertiary/aromatic N) is 2. The highest BCUT2D eigenvalue weighted by Crippen LogP contribution is 2.18. The lowest BCUT2D eigenvalue weighted by molar-refractivity contribution is 0.0685. The summed E-state index contributed by atoms with van der Waals surface area (Å²) >= 11 is 0. The Morgan fingerprint density at radius 3 is 1.69 bits per heavy atom. The molecule has 26 heavy (non-hydrogen) atoms. The first-order valence-electron chi connectivity index (χ1n) is 8.21. The highest BCUT2D eigenvalue weighted by molar-refractivity contribution is 5.90. The summed E-state index contributed by atoms with van der Waals surface area (Å²) in [5.41, 5.74) is 3.63. The second-order valence-corrected chi connectivity index (χ2v) is 6.14. The molecule has 6 heteroatoms. The zero-order chi connectivity index (χ0) is 19.9. The van der Waals surface area contributed by atoms with Crippen LogP contribution in [0.2, 0.25) is 0 Å². The Bertz CT molecular complexity index is 753. The minimum Gasteiger partial charge on any atom is -0.478 e. The average molecular weight is 358 g/mol. The number of hydrogen-bond donors (Lipinski definition) is 2. The fourth-order valence-electron chi connectivity index (χ4n) is 2.26. The number of aryl methyl sites for hydroxylation is 1. The SMILES string of the molecule is CCc1cc(N(C)C)ccc1C(=O)O.CN(C)c1ccc(C(=O)O)cc1. The molecule has 0 aliphatic carbocycles. The summed E-state index contributed by atoms with van der Waals surface area (Å²) in [6.07, 6.45) is 0.739. The van der Waals surface area contributed by atoms with Crippen molar-refractivity contribution >= 4 is 23.3 Å². The Morgan fingerprint density at radius 1 is 0.808 bits per heavy atom. The van der Waals surface area contributed by atoms with Gasteiger partial charge in [0, 0.05) is 39.6 Å². The number of aromatic carboxylic acids is 2. The smallest absolute Gasteiger partial charge is 0.335 e. The van der Waals surface area contributed by atoms with Crippen LogP contribution in [0.3, 0.4) is 0 Å². The molecular weight excluding hydrogens is 332 g/mol. The predicted molar refractivity (Wildman–Crippen MR) is 105 cm³/mol. The molecule has 0 aliphatic rings. The molecule has 6 nitrogen and oxygen atoms in total. The van der Waals surface area contributed by atoms with Crippen LogP contribution in [0.15, 0.2) is 42.5 Å². The van der Waals surface area contributed by atoms with Crippen LogP contribution in [0.25, 0.3) is 0 Å². The first-order valence-corrected chi connectivity index (χ1v) is 8.21. The molecule has 0 radical (unpaired) electrons. The van der Waals surface area contributed by atoms with E-state index in [9.17, 15) is 9.59 Å². The molecule has 0 atom stereocenters. The van der Waals surface area contributed by atoms with Gasteiger partial charge in [-0.15, -0.1) is 0 Å². The molecule has 2 rings (SSSR count). The van der Waals surface area contributed by atoms with Crippen LogP contribution in [0.4, 0.5) is 11.4 Å². The van der Waals surface area contributed by atoms with Crippen molar-refractivity contribution < 1.29 is 19.8 Å². The molecule has 2 aromatic carbocycles. The van der Waals surface area contributed by atoms with Crippen molar-refractivity contribution in [1.29, 1.82) is 0 Å². The monoisotopic (exact) mass is 358 g/mol. The predicted octanol–water partition coefficient (Wildman–Crippen LogP) is 3.46. The van der Waals surface area contributed by atoms with Gasteiger partial charge in [-0.1, -0.05) is 6.92 Å². The molecule has 0 fully saturated rings. The summed E-state index contributed by atoms with van der Waals surface area (Å²) in [5, 5.41) is 17.5. The number of carboxylic acids is 2. The number of carboxylic acid groups (broad SMARTS) is 2. The Morgan fingerprint density at radius 2 is 1.31 bits per heavy atom. The second kappa shape index (κ2) is 9.46. The molecular formula is C20H26N2O4. The van der Waals surface area contributed by atoms with Crippen molar-refractivity contribution in [2.45, 2.75) is 13.3 Å². The van der Waals surface area contributed by atoms with E-state index >= 15 is 0 Å². The summed E-state index contributed by atoms with van der Waals surface area (Å²) in [7, 11) is 7.70. The number of carbonyl (C=O) groups is 2. The standard InChI is InChI=1S/C11H15NO2.C9H11NO2/c1-4-8-7-9(12(2)3)5-6-10(8)11(13)14;1-10(2)8-5-3-7(4-6-8)9(11)12/h5-7H,4H2,1-3H3,(H,13,14);3-6H,1-2H3,(H,11,12). The molecule has 0 heterocycles. The second-order valence-electron chi connectivity index (χ2n) is 6.14. The molecule has 2 N–H and O–H groups in total. The van der Waals surface area contributed by atoms with Gasteiger partial charge in [-0.25, -0.2) is 9.59 Å². The molecule has 0 saturated carbocycles. The van der Waals surface area contributed by atoms with Crippen molar-refractivity contribution in [2.75, 3.05) is 38.0 Å². The van der Waals surface area contributed by atoms with Crippen molar-refractivity contribution in [1.82, 2.24) is 0 Å². The zero-order valence-electron chi connectivity index (χ0n) is 15.9. The largest absolute Gasteiger partial charge is 0.478 e. The molecule has 0 aromatic heterocycles. The molecule has 0 unspecified atom stereocenters. The number of hydrogen-bond acceptors (Lipinski definition) is 4. The van der Waals surface area contributed by atoms with Gasteiger partial charge in [0.1, 0.15) is 0 Å². The highest BCUT2D eigenvalue weighted by atomic mass is 16.4. The van der Waals surface area contributed by atoms with Crippen LogP contribution in [0.5, 0.6) is 0 Å². The van der Waals surface area contributed by atoms with Gasteiger partial charge >= 0.3 is 11.9 Å². The fraction of sp³-hybridized carbons (Fsp3) is 0.300. The van der Waals surface area contributed by atoms with Crippen molar-refractivity contribution in [3.05, 3.63) is 59.2 Å². The minimum atomic E-state index is -0.889. The quantitative estimate of drug-likeness (QED) is 0.852. The molecule has 0 spiro atoms. The summed E-state index contributed by atoms with van der Waals surface area (Å²) in [5.74, 6) is -1.74. The molecule has 140 valence electrons. The van der Waals surface area contributed by atoms with Crippen LogP contribution in [-0.4, -0.2) is 50.3 Å². The van der Waals surface area contributed by atoms with Gasteiger partial charge in [0.05, 0.1) is 11.1 Å². The third kappa shape index (κ3) is 5.81. The lowest BCUT2D eigenvalue weighted by atomic mass is 10.0. The molecule has 0 amide bonds. The lowest BCUT2D eigenvalue weighted by Gasteiger charge is -2.14. The van der Waals surface area contributed by atoms with Gasteiger partial charge in [0.15, 0.2) is 0 Å². The molecule has 0 aliphatic heterocycles. The third-order valence-corrected chi connectivity index (χ3v) is 3.85. The minimum absolute atomic E-state index is 0.320. The van der Waals surface area contributed by atoms with E-state index in [1.54, 1.807) is 30.3 Å². The van der Waals surface area contributed by atoms with E-state index in [0.29, 0.717) is 11.1 Å². The maximum atomic E-state index is 10.8. The van der Waals surface area contributed by atoms with E-state index in [-0.39, 0.29) is 0 Å². The van der Waals surface area contributed by atoms with Crippen LogP contribution >= 0.6 is 0 Å². The maximum absolute atomic E-state index is 10.8. The van der Waals surface area contributed by atoms with E-state index in [1.165, 1.54) is 0 Å². The van der Waals surface area contributed by atoms with Crippen molar-refractivity contribution in [3.8, 4) is 0 Å². The highest BCUT2D eigenvalue weighted by Gasteiger charge is 2.09. The molecule has 0 saturated heterocycles. The van der Waals surface area contributed by atoms with Crippen LogP contribution in [0.1, 0.15) is 33.2 Å². The van der Waals surface area contributed by atoms with Gasteiger partial charge in [0.25, 0.3) is 0 Å². The lowest BCUT2D eigenvalue weighted by Crippen LogP contribution is -2.10. The summed E-state index contributed by atoms with van der Waals surface area (Å²) < 4.78 is 0. The summed E-state index contributed by atoms with van der Waals surface area (Å²) in [6.45, 7) is 1.96. The van der Waals surface area contributed by atoms with Crippen molar-refractivity contribution in [2.24, 2.45) is 0 Å². The fourth-order valence-corrected chi connectivity index (χ4v) is 2.26. The van der Waals surface area contributed by atoms with Gasteiger partial charge in [-0.2, -0.15) is 0 Å². The van der Waals surface area contributed by atoms with Gasteiger partial charge < -0.3 is 20.0 Å². The number of anilines is 2. The van der Waals surface area contributed by atoms with E-state index in [1.807, 2.05) is 57.0 Å². The Balaban J connectivity index is 0.000000263. The van der Waals surface area contributed by atoms with Gasteiger partial charge in [-0.05, 0) is 54.4 Å². The Hall–Kier alpha value is -3.02. The molecule has 0 bridgehead atoms. The maximum Gasteiger partial charge on any atom is 0.335 e. The molecule has 2 aromatic rings. The number of benzene rings is 2. The van der Waals surface area contributed by atoms with Crippen molar-refractivity contribution in [3.63, 3.8) is 0 Å². The van der Waals surface area contributed by atoms with Crippen LogP contribution in [-0.2, 0) is 6.42 Å². The van der Waals surface area contributed by atoms with Crippen LogP contribution in [0, 0.1) is 0 Å². The van der Waals surface area contributed by atoms with Gasteiger partial charge in [0.2, 0.25) is 0 Å². The third-order valence-electron chi connectivity index (χ3n) is 3.85. The number of rotatable bonds is 5. The zero-order valence-corrected chi connectivity index (χ0v) is 15.9. The average Bonchev–Trinajstić information content (AvgIpc) is 2.61. The normalized spacial score (nSPS) is 9.73. The van der Waals surface area contributed by atoms with E-state index in [2.05, 4.69) is 0 Å². The Labute approximate surface area is 154 Å². The van der Waals surface area contributed by atoms with Crippen LogP contribution < -0.4 is 9.80 Å². The van der Waals surface area contributed by atoms with Gasteiger partial charge in [-0.3, -0.25) is 0 Å². The topological polar surface area (TPSA) is 81.1 Å². The summed E-state index contributed by atoms with van der Waals surface area (Å²) in [6, 6.07) is 12.2. The first-order chi connectivity index (χ1) is 12.2.